The van der Waals surface area contributed by atoms with E-state index in [1.165, 1.54) is 17.7 Å². The van der Waals surface area contributed by atoms with Crippen molar-refractivity contribution in [2.75, 3.05) is 5.32 Å². The van der Waals surface area contributed by atoms with Gasteiger partial charge in [-0.2, -0.15) is 5.26 Å². The summed E-state index contributed by atoms with van der Waals surface area (Å²) in [5, 5.41) is 13.3. The molecule has 34 heavy (non-hydrogen) atoms. The predicted octanol–water partition coefficient (Wildman–Crippen LogP) is 4.46. The Balaban J connectivity index is 1.63. The molecule has 8 nitrogen and oxygen atoms in total. The molecular weight excluding hydrogens is 454 g/mol. The highest BCUT2D eigenvalue weighted by molar-refractivity contribution is 6.32. The number of hydrogen-bond acceptors (Lipinski definition) is 6. The lowest BCUT2D eigenvalue weighted by Gasteiger charge is -2.17. The zero-order valence-corrected chi connectivity index (χ0v) is 19.6. The van der Waals surface area contributed by atoms with E-state index >= 15 is 0 Å². The van der Waals surface area contributed by atoms with Crippen LogP contribution in [-0.2, 0) is 7.05 Å². The normalized spacial score (nSPS) is 12.7. The molecule has 4 aromatic rings. The van der Waals surface area contributed by atoms with Crippen molar-refractivity contribution in [2.45, 2.75) is 26.0 Å². The van der Waals surface area contributed by atoms with Crippen LogP contribution in [0.3, 0.4) is 0 Å². The van der Waals surface area contributed by atoms with Gasteiger partial charge in [-0.15, -0.1) is 0 Å². The summed E-state index contributed by atoms with van der Waals surface area (Å²) < 4.78 is 7.25. The highest BCUT2D eigenvalue weighted by atomic mass is 35.5. The van der Waals surface area contributed by atoms with Gasteiger partial charge in [-0.25, -0.2) is 0 Å². The average molecular weight is 476 g/mol. The molecule has 9 heteroatoms. The van der Waals surface area contributed by atoms with Crippen LogP contribution in [0, 0.1) is 11.3 Å². The number of benzene rings is 1. The topological polar surface area (TPSA) is 113 Å². The number of nitrogens with one attached hydrogen (secondary N) is 2. The second-order valence-corrected chi connectivity index (χ2v) is 8.32. The Bertz CT molecular complexity index is 1520. The van der Waals surface area contributed by atoms with Gasteiger partial charge < -0.3 is 19.6 Å². The van der Waals surface area contributed by atoms with E-state index in [1.54, 1.807) is 37.4 Å². The van der Waals surface area contributed by atoms with Crippen molar-refractivity contribution in [3.8, 4) is 11.8 Å². The summed E-state index contributed by atoms with van der Waals surface area (Å²) in [7, 11) is 1.52. The molecule has 0 amide bonds. The minimum Gasteiger partial charge on any atom is -0.483 e. The molecule has 3 heterocycles. The van der Waals surface area contributed by atoms with Crippen LogP contribution < -0.4 is 21.2 Å². The van der Waals surface area contributed by atoms with Crippen molar-refractivity contribution in [3.63, 3.8) is 0 Å². The second kappa shape index (κ2) is 9.41. The van der Waals surface area contributed by atoms with Crippen LogP contribution in [0.15, 0.2) is 64.3 Å². The van der Waals surface area contributed by atoms with Crippen molar-refractivity contribution in [2.24, 2.45) is 7.05 Å². The fourth-order valence-corrected chi connectivity index (χ4v) is 3.89. The number of hydrogen-bond donors (Lipinski definition) is 2. The van der Waals surface area contributed by atoms with Crippen LogP contribution in [0.25, 0.3) is 10.9 Å². The summed E-state index contributed by atoms with van der Waals surface area (Å²) in [5.74, 6) is 0.433. The molecule has 2 unspecified atom stereocenters. The number of aromatic nitrogens is 3. The Hall–Kier alpha value is -4.09. The summed E-state index contributed by atoms with van der Waals surface area (Å²) in [6.07, 6.45) is 1.36. The zero-order valence-electron chi connectivity index (χ0n) is 18.8. The van der Waals surface area contributed by atoms with E-state index in [9.17, 15) is 9.59 Å². The SMILES string of the molecule is CC(Nc1ccc(C#N)n(C)c1=O)c1cc2cc(Cl)c(OC(C)c3ccccn3)cc2[nH]c1=O. The van der Waals surface area contributed by atoms with Crippen molar-refractivity contribution >= 4 is 28.2 Å². The quantitative estimate of drug-likeness (QED) is 0.425. The maximum Gasteiger partial charge on any atom is 0.274 e. The highest BCUT2D eigenvalue weighted by Gasteiger charge is 2.16. The molecule has 2 atom stereocenters. The molecule has 0 aliphatic rings. The van der Waals surface area contributed by atoms with Crippen LogP contribution in [0.5, 0.6) is 5.75 Å². The number of nitrogens with zero attached hydrogens (tertiary/aromatic N) is 3. The van der Waals surface area contributed by atoms with Gasteiger partial charge in [0.25, 0.3) is 11.1 Å². The lowest BCUT2D eigenvalue weighted by Crippen LogP contribution is -2.26. The number of fused-ring (bicyclic) bond motifs is 1. The summed E-state index contributed by atoms with van der Waals surface area (Å²) in [4.78, 5) is 32.5. The number of rotatable bonds is 6. The minimum absolute atomic E-state index is 0.247. The standard InChI is InChI=1S/C25H22ClN5O3/c1-14(29-21-8-7-17(13-27)31(3)25(21)33)18-10-16-11-19(26)23(12-22(16)30-24(18)32)34-15(2)20-6-4-5-9-28-20/h4-12,14-15,29H,1-3H3,(H,30,32). The first-order chi connectivity index (χ1) is 16.3. The smallest absolute Gasteiger partial charge is 0.274 e. The summed E-state index contributed by atoms with van der Waals surface area (Å²) in [6.45, 7) is 3.65. The van der Waals surface area contributed by atoms with Crippen molar-refractivity contribution in [3.05, 3.63) is 97.4 Å². The van der Waals surface area contributed by atoms with Gasteiger partial charge in [0.1, 0.15) is 29.3 Å². The van der Waals surface area contributed by atoms with E-state index in [2.05, 4.69) is 15.3 Å². The van der Waals surface area contributed by atoms with Crippen LogP contribution in [-0.4, -0.2) is 14.5 Å². The molecule has 0 aliphatic heterocycles. The van der Waals surface area contributed by atoms with Crippen molar-refractivity contribution in [1.82, 2.24) is 14.5 Å². The predicted molar refractivity (Wildman–Crippen MR) is 131 cm³/mol. The molecular formula is C25H22ClN5O3. The molecule has 0 aliphatic carbocycles. The Morgan fingerprint density at radius 3 is 2.68 bits per heavy atom. The maximum absolute atomic E-state index is 12.9. The first-order valence-electron chi connectivity index (χ1n) is 10.6. The van der Waals surface area contributed by atoms with E-state index in [0.717, 1.165) is 11.1 Å². The largest absolute Gasteiger partial charge is 0.483 e. The molecule has 0 spiro atoms. The fourth-order valence-electron chi connectivity index (χ4n) is 3.67. The van der Waals surface area contributed by atoms with Gasteiger partial charge in [-0.1, -0.05) is 17.7 Å². The van der Waals surface area contributed by atoms with Crippen LogP contribution in [0.4, 0.5) is 5.69 Å². The lowest BCUT2D eigenvalue weighted by molar-refractivity contribution is 0.222. The van der Waals surface area contributed by atoms with E-state index in [4.69, 9.17) is 21.6 Å². The summed E-state index contributed by atoms with van der Waals surface area (Å²) >= 11 is 6.48. The molecule has 0 bridgehead atoms. The average Bonchev–Trinajstić information content (AvgIpc) is 2.83. The van der Waals surface area contributed by atoms with E-state index in [0.29, 0.717) is 27.5 Å². The first-order valence-corrected chi connectivity index (χ1v) is 11.0. The number of nitriles is 1. The Labute approximate surface area is 200 Å². The monoisotopic (exact) mass is 475 g/mol. The molecule has 4 rings (SSSR count). The summed E-state index contributed by atoms with van der Waals surface area (Å²) in [6, 6.07) is 15.3. The number of halogens is 1. The van der Waals surface area contributed by atoms with Gasteiger partial charge in [-0.05, 0) is 50.2 Å². The number of aromatic amines is 1. The first kappa shape index (κ1) is 23.1. The van der Waals surface area contributed by atoms with Gasteiger partial charge in [0.2, 0.25) is 0 Å². The van der Waals surface area contributed by atoms with Gasteiger partial charge in [-0.3, -0.25) is 14.6 Å². The van der Waals surface area contributed by atoms with Crippen molar-refractivity contribution < 1.29 is 4.74 Å². The fraction of sp³-hybridized carbons (Fsp3) is 0.200. The molecule has 0 saturated carbocycles. The van der Waals surface area contributed by atoms with E-state index < -0.39 is 6.04 Å². The van der Waals surface area contributed by atoms with E-state index in [1.807, 2.05) is 31.2 Å². The number of H-pyrrole nitrogens is 1. The third-order valence-electron chi connectivity index (χ3n) is 5.59. The summed E-state index contributed by atoms with van der Waals surface area (Å²) in [5.41, 5.74) is 1.65. The Morgan fingerprint density at radius 1 is 1.18 bits per heavy atom. The van der Waals surface area contributed by atoms with Crippen LogP contribution in [0.2, 0.25) is 5.02 Å². The number of anilines is 1. The molecule has 2 N–H and O–H groups in total. The van der Waals surface area contributed by atoms with Gasteiger partial charge >= 0.3 is 0 Å². The van der Waals surface area contributed by atoms with Crippen LogP contribution in [0.1, 0.15) is 42.9 Å². The zero-order chi connectivity index (χ0) is 24.4. The molecule has 0 saturated heterocycles. The van der Waals surface area contributed by atoms with Gasteiger partial charge in [0.05, 0.1) is 22.3 Å². The molecule has 0 radical (unpaired) electrons. The Kier molecular flexibility index (Phi) is 6.39. The minimum atomic E-state index is -0.479. The van der Waals surface area contributed by atoms with Gasteiger partial charge in [0, 0.05) is 30.3 Å². The van der Waals surface area contributed by atoms with Gasteiger partial charge in [0.15, 0.2) is 0 Å². The van der Waals surface area contributed by atoms with Crippen molar-refractivity contribution in [1.29, 1.82) is 5.26 Å². The molecule has 1 aromatic carbocycles. The maximum atomic E-state index is 12.9. The highest BCUT2D eigenvalue weighted by Crippen LogP contribution is 2.32. The third kappa shape index (κ3) is 4.51. The number of ether oxygens (including phenoxy) is 1. The Morgan fingerprint density at radius 2 is 1.97 bits per heavy atom. The molecule has 172 valence electrons. The lowest BCUT2D eigenvalue weighted by atomic mass is 10.1. The molecule has 0 fully saturated rings. The number of pyridine rings is 3. The second-order valence-electron chi connectivity index (χ2n) is 7.91. The van der Waals surface area contributed by atoms with Crippen LogP contribution >= 0.6 is 11.6 Å². The molecule has 3 aromatic heterocycles. The third-order valence-corrected chi connectivity index (χ3v) is 5.89. The van der Waals surface area contributed by atoms with E-state index in [-0.39, 0.29) is 22.9 Å².